The van der Waals surface area contributed by atoms with Gasteiger partial charge in [-0.15, -0.1) is 0 Å². The van der Waals surface area contributed by atoms with E-state index in [1.807, 2.05) is 20.9 Å². The maximum absolute atomic E-state index is 12.5. The van der Waals surface area contributed by atoms with Crippen LogP contribution in [0, 0.1) is 13.8 Å². The molecule has 2 amide bonds. The van der Waals surface area contributed by atoms with E-state index in [0.29, 0.717) is 10.7 Å². The predicted octanol–water partition coefficient (Wildman–Crippen LogP) is 1.17. The Morgan fingerprint density at radius 3 is 2.50 bits per heavy atom. The molecule has 0 saturated heterocycles. The van der Waals surface area contributed by atoms with Gasteiger partial charge in [-0.2, -0.15) is 5.10 Å². The summed E-state index contributed by atoms with van der Waals surface area (Å²) in [6.07, 6.45) is 0. The Kier molecular flexibility index (Phi) is 6.39. The molecule has 140 valence electrons. The summed E-state index contributed by atoms with van der Waals surface area (Å²) in [6, 6.07) is 6.63. The number of carbonyl (C=O) groups excluding carboxylic acids is 2. The van der Waals surface area contributed by atoms with Crippen LogP contribution in [0.4, 0.5) is 11.4 Å². The number of anilines is 2. The van der Waals surface area contributed by atoms with E-state index in [0.717, 1.165) is 22.0 Å². The summed E-state index contributed by atoms with van der Waals surface area (Å²) in [5.74, 6) is -0.365. The molecule has 1 heterocycles. The molecule has 2 atom stereocenters. The number of benzene rings is 1. The van der Waals surface area contributed by atoms with E-state index in [-0.39, 0.29) is 18.4 Å². The molecule has 0 radical (unpaired) electrons. The van der Waals surface area contributed by atoms with Crippen molar-refractivity contribution in [2.24, 2.45) is 7.05 Å². The second-order valence-corrected chi connectivity index (χ2v) is 6.84. The topological polar surface area (TPSA) is 80.5 Å². The third kappa shape index (κ3) is 4.62. The van der Waals surface area contributed by atoms with Crippen molar-refractivity contribution in [2.45, 2.75) is 26.8 Å². The second-order valence-electron chi connectivity index (χ2n) is 6.43. The second kappa shape index (κ2) is 8.33. The van der Waals surface area contributed by atoms with Crippen LogP contribution in [0.2, 0.25) is 5.02 Å². The van der Waals surface area contributed by atoms with Crippen molar-refractivity contribution >= 4 is 34.8 Å². The van der Waals surface area contributed by atoms with Crippen molar-refractivity contribution in [2.75, 3.05) is 24.2 Å². The average Bonchev–Trinajstić information content (AvgIpc) is 2.82. The van der Waals surface area contributed by atoms with E-state index >= 15 is 0 Å². The van der Waals surface area contributed by atoms with Gasteiger partial charge in [0, 0.05) is 7.05 Å². The standard InChI is InChI=1S/C18H24ClN5O2/c1-11-17(12(2)24(5)22-11)21-18(26)13(3)23(4)10-16(25)20-15-9-7-6-8-14(15)19/h6-9,13H,10H2,1-5H3,(H,20,25)(H,21,26)/p+1/t13-/m1/s1. The Balaban J connectivity index is 1.95. The highest BCUT2D eigenvalue weighted by Crippen LogP contribution is 2.20. The maximum atomic E-state index is 12.5. The van der Waals surface area contributed by atoms with Gasteiger partial charge in [0.25, 0.3) is 11.8 Å². The van der Waals surface area contributed by atoms with Gasteiger partial charge in [-0.05, 0) is 32.9 Å². The Hall–Kier alpha value is -2.38. The number of nitrogens with zero attached hydrogens (tertiary/aromatic N) is 2. The SMILES string of the molecule is Cc1nn(C)c(C)c1NC(=O)[C@@H](C)[NH+](C)CC(=O)Nc1ccccc1Cl. The van der Waals surface area contributed by atoms with Gasteiger partial charge in [0.1, 0.15) is 0 Å². The number of hydrogen-bond acceptors (Lipinski definition) is 3. The number of nitrogens with one attached hydrogen (secondary N) is 3. The molecular weight excluding hydrogens is 354 g/mol. The number of hydrogen-bond donors (Lipinski definition) is 3. The summed E-state index contributed by atoms with van der Waals surface area (Å²) in [6.45, 7) is 5.67. The third-order valence-corrected chi connectivity index (χ3v) is 4.81. The van der Waals surface area contributed by atoms with Crippen molar-refractivity contribution < 1.29 is 14.5 Å². The Morgan fingerprint density at radius 1 is 1.27 bits per heavy atom. The van der Waals surface area contributed by atoms with Gasteiger partial charge in [0.05, 0.1) is 34.8 Å². The fourth-order valence-corrected chi connectivity index (χ4v) is 2.76. The molecule has 7 nitrogen and oxygen atoms in total. The molecule has 26 heavy (non-hydrogen) atoms. The largest absolute Gasteiger partial charge is 0.320 e. The van der Waals surface area contributed by atoms with Crippen LogP contribution in [0.15, 0.2) is 24.3 Å². The smallest absolute Gasteiger partial charge is 0.282 e. The van der Waals surface area contributed by atoms with E-state index in [1.165, 1.54) is 0 Å². The number of para-hydroxylation sites is 1. The minimum absolute atomic E-state index is 0.144. The number of likely N-dealkylation sites (N-methyl/N-ethyl adjacent to an activating group) is 1. The highest BCUT2D eigenvalue weighted by Gasteiger charge is 2.25. The molecule has 0 spiro atoms. The van der Waals surface area contributed by atoms with E-state index in [9.17, 15) is 9.59 Å². The molecule has 2 aromatic rings. The molecule has 0 aliphatic heterocycles. The Morgan fingerprint density at radius 2 is 1.92 bits per heavy atom. The van der Waals surface area contributed by atoms with Crippen LogP contribution in [-0.2, 0) is 16.6 Å². The lowest BCUT2D eigenvalue weighted by molar-refractivity contribution is -0.885. The molecule has 0 fully saturated rings. The van der Waals surface area contributed by atoms with Gasteiger partial charge in [-0.3, -0.25) is 14.3 Å². The van der Waals surface area contributed by atoms with Crippen LogP contribution >= 0.6 is 11.6 Å². The van der Waals surface area contributed by atoms with Crippen LogP contribution in [0.25, 0.3) is 0 Å². The summed E-state index contributed by atoms with van der Waals surface area (Å²) in [5.41, 5.74) is 2.93. The van der Waals surface area contributed by atoms with Crippen molar-refractivity contribution in [1.82, 2.24) is 9.78 Å². The van der Waals surface area contributed by atoms with Gasteiger partial charge < -0.3 is 15.5 Å². The molecule has 8 heteroatoms. The molecule has 0 saturated carbocycles. The van der Waals surface area contributed by atoms with E-state index in [4.69, 9.17) is 11.6 Å². The number of rotatable bonds is 6. The summed E-state index contributed by atoms with van der Waals surface area (Å²) < 4.78 is 1.73. The fraction of sp³-hybridized carbons (Fsp3) is 0.389. The van der Waals surface area contributed by atoms with Crippen LogP contribution in [0.5, 0.6) is 0 Å². The van der Waals surface area contributed by atoms with Gasteiger partial charge in [0.15, 0.2) is 12.6 Å². The first-order chi connectivity index (χ1) is 12.2. The number of halogens is 1. The van der Waals surface area contributed by atoms with E-state index in [2.05, 4.69) is 15.7 Å². The number of carbonyl (C=O) groups is 2. The number of aromatic nitrogens is 2. The highest BCUT2D eigenvalue weighted by atomic mass is 35.5. The van der Waals surface area contributed by atoms with E-state index < -0.39 is 6.04 Å². The van der Waals surface area contributed by atoms with Crippen molar-refractivity contribution in [1.29, 1.82) is 0 Å². The number of quaternary nitrogens is 1. The summed E-state index contributed by atoms with van der Waals surface area (Å²) in [7, 11) is 3.64. The quantitative estimate of drug-likeness (QED) is 0.706. The average molecular weight is 379 g/mol. The molecule has 0 bridgehead atoms. The predicted molar refractivity (Wildman–Crippen MR) is 103 cm³/mol. The first-order valence-electron chi connectivity index (χ1n) is 8.38. The van der Waals surface area contributed by atoms with Gasteiger partial charge in [-0.25, -0.2) is 0 Å². The lowest BCUT2D eigenvalue weighted by atomic mass is 10.2. The fourth-order valence-electron chi connectivity index (χ4n) is 2.57. The molecule has 1 unspecified atom stereocenters. The van der Waals surface area contributed by atoms with Crippen LogP contribution in [0.1, 0.15) is 18.3 Å². The van der Waals surface area contributed by atoms with Gasteiger partial charge in [-0.1, -0.05) is 23.7 Å². The summed E-state index contributed by atoms with van der Waals surface area (Å²) in [5, 5.41) is 10.5. The highest BCUT2D eigenvalue weighted by molar-refractivity contribution is 6.33. The number of aryl methyl sites for hydroxylation is 2. The molecule has 1 aromatic heterocycles. The molecule has 2 rings (SSSR count). The first-order valence-corrected chi connectivity index (χ1v) is 8.76. The molecule has 0 aliphatic carbocycles. The Labute approximate surface area is 158 Å². The van der Waals surface area contributed by atoms with Crippen molar-refractivity contribution in [3.05, 3.63) is 40.7 Å². The lowest BCUT2D eigenvalue weighted by Gasteiger charge is -2.21. The third-order valence-electron chi connectivity index (χ3n) is 4.48. The van der Waals surface area contributed by atoms with E-state index in [1.54, 1.807) is 42.9 Å². The summed E-state index contributed by atoms with van der Waals surface area (Å²) >= 11 is 6.05. The molecular formula is C18H25ClN5O2+. The van der Waals surface area contributed by atoms with Crippen molar-refractivity contribution in [3.63, 3.8) is 0 Å². The van der Waals surface area contributed by atoms with Gasteiger partial charge in [0.2, 0.25) is 0 Å². The Bertz CT molecular complexity index is 818. The zero-order valence-electron chi connectivity index (χ0n) is 15.7. The van der Waals surface area contributed by atoms with Crippen molar-refractivity contribution in [3.8, 4) is 0 Å². The molecule has 3 N–H and O–H groups in total. The summed E-state index contributed by atoms with van der Waals surface area (Å²) in [4.78, 5) is 25.5. The normalized spacial score (nSPS) is 13.2. The first kappa shape index (κ1) is 19.9. The van der Waals surface area contributed by atoms with Crippen LogP contribution in [0.3, 0.4) is 0 Å². The zero-order valence-corrected chi connectivity index (χ0v) is 16.4. The van der Waals surface area contributed by atoms with Crippen LogP contribution < -0.4 is 15.5 Å². The monoisotopic (exact) mass is 378 g/mol. The van der Waals surface area contributed by atoms with Crippen LogP contribution in [-0.4, -0.2) is 41.2 Å². The molecule has 1 aromatic carbocycles. The maximum Gasteiger partial charge on any atom is 0.282 e. The number of amides is 2. The minimum Gasteiger partial charge on any atom is -0.320 e. The minimum atomic E-state index is -0.411. The van der Waals surface area contributed by atoms with Gasteiger partial charge >= 0.3 is 0 Å². The molecule has 0 aliphatic rings. The zero-order chi connectivity index (χ0) is 19.4. The lowest BCUT2D eigenvalue weighted by Crippen LogP contribution is -3.14.